The first kappa shape index (κ1) is 16.2. The summed E-state index contributed by atoms with van der Waals surface area (Å²) in [5, 5.41) is 3.37. The summed E-state index contributed by atoms with van der Waals surface area (Å²) in [4.78, 5) is 9.25. The molecule has 5 nitrogen and oxygen atoms in total. The molecule has 0 amide bonds. The van der Waals surface area contributed by atoms with E-state index >= 15 is 0 Å². The van der Waals surface area contributed by atoms with Gasteiger partial charge in [0.05, 0.1) is 11.5 Å². The Kier molecular flexibility index (Phi) is 4.86. The number of anilines is 1. The zero-order valence-corrected chi connectivity index (χ0v) is 14.1. The topological polar surface area (TPSA) is 72.0 Å². The van der Waals surface area contributed by atoms with Crippen LogP contribution in [-0.2, 0) is 9.84 Å². The first-order valence-corrected chi connectivity index (χ1v) is 9.49. The van der Waals surface area contributed by atoms with E-state index < -0.39 is 9.84 Å². The molecule has 1 aromatic heterocycles. The van der Waals surface area contributed by atoms with E-state index in [1.165, 1.54) is 0 Å². The zero-order valence-electron chi connectivity index (χ0n) is 13.3. The third-order valence-corrected chi connectivity index (χ3v) is 5.64. The van der Waals surface area contributed by atoms with Crippen LogP contribution in [0.1, 0.15) is 62.5 Å². The van der Waals surface area contributed by atoms with E-state index in [2.05, 4.69) is 36.1 Å². The lowest BCUT2D eigenvalue weighted by Crippen LogP contribution is -2.15. The highest BCUT2D eigenvalue weighted by Gasteiger charge is 2.31. The molecule has 1 aromatic rings. The Morgan fingerprint density at radius 3 is 2.57 bits per heavy atom. The molecule has 0 bridgehead atoms. The summed E-state index contributed by atoms with van der Waals surface area (Å²) < 4.78 is 23.3. The van der Waals surface area contributed by atoms with E-state index in [4.69, 9.17) is 0 Å². The number of aryl methyl sites for hydroxylation is 1. The molecule has 1 atom stereocenters. The average molecular weight is 311 g/mol. The van der Waals surface area contributed by atoms with E-state index in [-0.39, 0.29) is 17.4 Å². The van der Waals surface area contributed by atoms with Crippen molar-refractivity contribution in [2.45, 2.75) is 52.4 Å². The number of sulfone groups is 1. The highest BCUT2D eigenvalue weighted by molar-refractivity contribution is 7.91. The van der Waals surface area contributed by atoms with Gasteiger partial charge in [0.2, 0.25) is 0 Å². The molecule has 6 heteroatoms. The minimum Gasteiger partial charge on any atom is -0.370 e. The maximum atomic E-state index is 11.7. The van der Waals surface area contributed by atoms with Gasteiger partial charge in [-0.15, -0.1) is 0 Å². The standard InChI is InChI=1S/C15H25N3O2S/c1-5-7-16-15-13(10(2)3)11(4)17-14(18-15)12-6-8-21(19,20)9-12/h10,12H,5-9H2,1-4H3,(H,16,17,18). The van der Waals surface area contributed by atoms with Gasteiger partial charge in [-0.3, -0.25) is 0 Å². The van der Waals surface area contributed by atoms with Crippen LogP contribution in [0, 0.1) is 6.92 Å². The molecule has 1 aliphatic rings. The lowest BCUT2D eigenvalue weighted by molar-refractivity contribution is 0.601. The largest absolute Gasteiger partial charge is 0.370 e. The summed E-state index contributed by atoms with van der Waals surface area (Å²) in [6, 6.07) is 0. The van der Waals surface area contributed by atoms with Crippen LogP contribution < -0.4 is 5.32 Å². The van der Waals surface area contributed by atoms with E-state index in [0.717, 1.165) is 30.0 Å². The molecular formula is C15H25N3O2S. The second-order valence-electron chi connectivity index (χ2n) is 6.11. The number of nitrogens with one attached hydrogen (secondary N) is 1. The molecular weight excluding hydrogens is 286 g/mol. The molecule has 0 radical (unpaired) electrons. The summed E-state index contributed by atoms with van der Waals surface area (Å²) in [5.74, 6) is 2.27. The molecule has 21 heavy (non-hydrogen) atoms. The van der Waals surface area contributed by atoms with Crippen molar-refractivity contribution in [3.63, 3.8) is 0 Å². The van der Waals surface area contributed by atoms with E-state index in [1.807, 2.05) is 6.92 Å². The average Bonchev–Trinajstić information content (AvgIpc) is 2.75. The van der Waals surface area contributed by atoms with Crippen molar-refractivity contribution >= 4 is 15.7 Å². The van der Waals surface area contributed by atoms with Gasteiger partial charge in [0.15, 0.2) is 9.84 Å². The maximum Gasteiger partial charge on any atom is 0.151 e. The second-order valence-corrected chi connectivity index (χ2v) is 8.34. The van der Waals surface area contributed by atoms with Crippen LogP contribution in [0.25, 0.3) is 0 Å². The van der Waals surface area contributed by atoms with Gasteiger partial charge < -0.3 is 5.32 Å². The predicted molar refractivity (Wildman–Crippen MR) is 85.7 cm³/mol. The summed E-state index contributed by atoms with van der Waals surface area (Å²) in [6.45, 7) is 9.21. The molecule has 0 aromatic carbocycles. The van der Waals surface area contributed by atoms with Gasteiger partial charge in [0.25, 0.3) is 0 Å². The molecule has 1 N–H and O–H groups in total. The van der Waals surface area contributed by atoms with Gasteiger partial charge in [-0.25, -0.2) is 18.4 Å². The second kappa shape index (κ2) is 6.30. The van der Waals surface area contributed by atoms with Crippen LogP contribution in [-0.4, -0.2) is 36.4 Å². The lowest BCUT2D eigenvalue weighted by Gasteiger charge is -2.18. The van der Waals surface area contributed by atoms with Crippen molar-refractivity contribution in [3.8, 4) is 0 Å². The number of hydrogen-bond donors (Lipinski definition) is 1. The number of hydrogen-bond acceptors (Lipinski definition) is 5. The van der Waals surface area contributed by atoms with Crippen molar-refractivity contribution in [1.82, 2.24) is 9.97 Å². The Balaban J connectivity index is 2.38. The third-order valence-electron chi connectivity index (χ3n) is 3.87. The fraction of sp³-hybridized carbons (Fsp3) is 0.733. The lowest BCUT2D eigenvalue weighted by atomic mass is 10.0. The summed E-state index contributed by atoms with van der Waals surface area (Å²) in [6.07, 6.45) is 1.66. The maximum absolute atomic E-state index is 11.7. The predicted octanol–water partition coefficient (Wildman–Crippen LogP) is 2.63. The van der Waals surface area contributed by atoms with Crippen molar-refractivity contribution in [3.05, 3.63) is 17.1 Å². The molecule has 118 valence electrons. The molecule has 0 spiro atoms. The van der Waals surface area contributed by atoms with Crippen molar-refractivity contribution < 1.29 is 8.42 Å². The fourth-order valence-electron chi connectivity index (χ4n) is 2.85. The van der Waals surface area contributed by atoms with Crippen molar-refractivity contribution in [1.29, 1.82) is 0 Å². The number of rotatable bonds is 5. The van der Waals surface area contributed by atoms with Crippen LogP contribution in [0.2, 0.25) is 0 Å². The van der Waals surface area contributed by atoms with Crippen molar-refractivity contribution in [2.24, 2.45) is 0 Å². The Morgan fingerprint density at radius 2 is 2.05 bits per heavy atom. The first-order chi connectivity index (χ1) is 9.84. The van der Waals surface area contributed by atoms with Gasteiger partial charge in [0, 0.05) is 23.7 Å². The van der Waals surface area contributed by atoms with E-state index in [1.54, 1.807) is 0 Å². The molecule has 1 unspecified atom stereocenters. The molecule has 1 fully saturated rings. The highest BCUT2D eigenvalue weighted by atomic mass is 32.2. The van der Waals surface area contributed by atoms with Gasteiger partial charge in [-0.1, -0.05) is 20.8 Å². The summed E-state index contributed by atoms with van der Waals surface area (Å²) in [5.41, 5.74) is 2.09. The minimum absolute atomic E-state index is 0.0583. The van der Waals surface area contributed by atoms with E-state index in [9.17, 15) is 8.42 Å². The molecule has 2 rings (SSSR count). The van der Waals surface area contributed by atoms with Crippen LogP contribution in [0.3, 0.4) is 0 Å². The minimum atomic E-state index is -2.91. The van der Waals surface area contributed by atoms with Gasteiger partial charge >= 0.3 is 0 Å². The molecule has 0 saturated carbocycles. The fourth-order valence-corrected chi connectivity index (χ4v) is 4.59. The SMILES string of the molecule is CCCNc1nc(C2CCS(=O)(=O)C2)nc(C)c1C(C)C. The Bertz CT molecular complexity index is 612. The zero-order chi connectivity index (χ0) is 15.6. The smallest absolute Gasteiger partial charge is 0.151 e. The van der Waals surface area contributed by atoms with Crippen molar-refractivity contribution in [2.75, 3.05) is 23.4 Å². The van der Waals surface area contributed by atoms with Gasteiger partial charge in [-0.05, 0) is 25.7 Å². The quantitative estimate of drug-likeness (QED) is 0.905. The Morgan fingerprint density at radius 1 is 1.33 bits per heavy atom. The highest BCUT2D eigenvalue weighted by Crippen LogP contribution is 2.31. The van der Waals surface area contributed by atoms with Crippen LogP contribution in [0.5, 0.6) is 0 Å². The monoisotopic (exact) mass is 311 g/mol. The van der Waals surface area contributed by atoms with Crippen LogP contribution in [0.15, 0.2) is 0 Å². The Hall–Kier alpha value is -1.17. The van der Waals surface area contributed by atoms with Crippen LogP contribution in [0.4, 0.5) is 5.82 Å². The summed E-state index contributed by atoms with van der Waals surface area (Å²) in [7, 11) is -2.91. The normalized spacial score (nSPS) is 20.9. The molecule has 2 heterocycles. The van der Waals surface area contributed by atoms with Crippen LogP contribution >= 0.6 is 0 Å². The Labute approximate surface area is 127 Å². The molecule has 1 saturated heterocycles. The first-order valence-electron chi connectivity index (χ1n) is 7.66. The number of aromatic nitrogens is 2. The van der Waals surface area contributed by atoms with Gasteiger partial charge in [-0.2, -0.15) is 0 Å². The summed E-state index contributed by atoms with van der Waals surface area (Å²) >= 11 is 0. The number of nitrogens with zero attached hydrogens (tertiary/aromatic N) is 2. The third kappa shape index (κ3) is 3.73. The van der Waals surface area contributed by atoms with Gasteiger partial charge in [0.1, 0.15) is 11.6 Å². The molecule has 0 aliphatic carbocycles. The van der Waals surface area contributed by atoms with E-state index in [0.29, 0.717) is 18.2 Å². The molecule has 1 aliphatic heterocycles.